The topological polar surface area (TPSA) is 18.5 Å². The molecule has 20 heavy (non-hydrogen) atoms. The monoisotopic (exact) mass is 332 g/mol. The maximum atomic E-state index is 5.20. The number of hydrogen-bond donors (Lipinski definition) is 0. The van der Waals surface area contributed by atoms with Crippen LogP contribution in [0.15, 0.2) is 53.0 Å². The van der Waals surface area contributed by atoms with Crippen molar-refractivity contribution < 1.29 is 9.47 Å². The van der Waals surface area contributed by atoms with Crippen molar-refractivity contribution in [3.8, 4) is 11.5 Å². The van der Waals surface area contributed by atoms with Gasteiger partial charge in [-0.3, -0.25) is 0 Å². The summed E-state index contributed by atoms with van der Waals surface area (Å²) in [5.74, 6) is 1.71. The van der Waals surface area contributed by atoms with Crippen LogP contribution in [0.5, 0.6) is 11.5 Å². The minimum Gasteiger partial charge on any atom is -0.497 e. The summed E-state index contributed by atoms with van der Waals surface area (Å²) in [6.07, 6.45) is 0. The van der Waals surface area contributed by atoms with Crippen molar-refractivity contribution in [2.75, 3.05) is 14.2 Å². The van der Waals surface area contributed by atoms with Gasteiger partial charge in [-0.05, 0) is 47.9 Å². The van der Waals surface area contributed by atoms with Gasteiger partial charge in [0.25, 0.3) is 0 Å². The van der Waals surface area contributed by atoms with Crippen molar-refractivity contribution in [1.82, 2.24) is 0 Å². The minimum absolute atomic E-state index is 0.857. The SMILES string of the molecule is COc1ccc(C(=C(C)Br)c2ccc(OC)cc2)cc1. The summed E-state index contributed by atoms with van der Waals surface area (Å²) in [6.45, 7) is 2.05. The molecule has 2 aromatic carbocycles. The highest BCUT2D eigenvalue weighted by molar-refractivity contribution is 9.11. The van der Waals surface area contributed by atoms with Crippen LogP contribution in [0, 0.1) is 0 Å². The van der Waals surface area contributed by atoms with Gasteiger partial charge in [-0.25, -0.2) is 0 Å². The normalized spacial score (nSPS) is 10.0. The van der Waals surface area contributed by atoms with Crippen molar-refractivity contribution in [2.24, 2.45) is 0 Å². The number of benzene rings is 2. The molecule has 0 fully saturated rings. The van der Waals surface area contributed by atoms with Gasteiger partial charge < -0.3 is 9.47 Å². The Kier molecular flexibility index (Phi) is 4.85. The van der Waals surface area contributed by atoms with Crippen molar-refractivity contribution in [3.05, 3.63) is 64.1 Å². The standard InChI is InChI=1S/C17H17BrO2/c1-12(18)17(13-4-8-15(19-2)9-5-13)14-6-10-16(20-3)11-7-14/h4-11H,1-3H3. The maximum Gasteiger partial charge on any atom is 0.118 e. The number of rotatable bonds is 4. The van der Waals surface area contributed by atoms with E-state index in [-0.39, 0.29) is 0 Å². The van der Waals surface area contributed by atoms with Crippen LogP contribution in [0.3, 0.4) is 0 Å². The molecule has 0 saturated carbocycles. The Hall–Kier alpha value is -1.74. The van der Waals surface area contributed by atoms with Gasteiger partial charge in [0.15, 0.2) is 0 Å². The molecule has 2 aromatic rings. The lowest BCUT2D eigenvalue weighted by atomic mass is 9.97. The van der Waals surface area contributed by atoms with Crippen molar-refractivity contribution in [3.63, 3.8) is 0 Å². The molecule has 0 spiro atoms. The van der Waals surface area contributed by atoms with E-state index in [1.165, 1.54) is 0 Å². The first-order valence-corrected chi connectivity index (χ1v) is 7.10. The second-order valence-corrected chi connectivity index (χ2v) is 5.55. The van der Waals surface area contributed by atoms with E-state index in [4.69, 9.17) is 9.47 Å². The van der Waals surface area contributed by atoms with Crippen LogP contribution in [-0.2, 0) is 0 Å². The predicted molar refractivity (Wildman–Crippen MR) is 86.6 cm³/mol. The van der Waals surface area contributed by atoms with Gasteiger partial charge in [-0.1, -0.05) is 40.2 Å². The Balaban J connectivity index is 2.42. The van der Waals surface area contributed by atoms with Gasteiger partial charge in [-0.15, -0.1) is 0 Å². The molecule has 2 rings (SSSR count). The molecule has 3 heteroatoms. The van der Waals surface area contributed by atoms with E-state index in [9.17, 15) is 0 Å². The van der Waals surface area contributed by atoms with E-state index in [0.29, 0.717) is 0 Å². The lowest BCUT2D eigenvalue weighted by molar-refractivity contribution is 0.414. The summed E-state index contributed by atoms with van der Waals surface area (Å²) in [5, 5.41) is 0. The van der Waals surface area contributed by atoms with Gasteiger partial charge in [0.2, 0.25) is 0 Å². The lowest BCUT2D eigenvalue weighted by Gasteiger charge is -2.11. The maximum absolute atomic E-state index is 5.20. The number of hydrogen-bond acceptors (Lipinski definition) is 2. The van der Waals surface area contributed by atoms with Crippen molar-refractivity contribution in [1.29, 1.82) is 0 Å². The third kappa shape index (κ3) is 3.23. The van der Waals surface area contributed by atoms with Crippen molar-refractivity contribution in [2.45, 2.75) is 6.92 Å². The van der Waals surface area contributed by atoms with Gasteiger partial charge >= 0.3 is 0 Å². The van der Waals surface area contributed by atoms with Crippen LogP contribution in [0.4, 0.5) is 0 Å². The highest BCUT2D eigenvalue weighted by atomic mass is 79.9. The molecule has 0 atom stereocenters. The van der Waals surface area contributed by atoms with E-state index < -0.39 is 0 Å². The summed E-state index contributed by atoms with van der Waals surface area (Å²) in [5.41, 5.74) is 3.45. The summed E-state index contributed by atoms with van der Waals surface area (Å²) >= 11 is 3.60. The molecule has 0 aliphatic rings. The van der Waals surface area contributed by atoms with Crippen LogP contribution in [0.1, 0.15) is 18.1 Å². The summed E-state index contributed by atoms with van der Waals surface area (Å²) in [6, 6.07) is 16.1. The molecular formula is C17H17BrO2. The fraction of sp³-hybridized carbons (Fsp3) is 0.176. The zero-order valence-corrected chi connectivity index (χ0v) is 13.4. The summed E-state index contributed by atoms with van der Waals surface area (Å²) < 4.78 is 11.5. The van der Waals surface area contributed by atoms with E-state index in [2.05, 4.69) is 40.2 Å². The smallest absolute Gasteiger partial charge is 0.118 e. The Bertz CT molecular complexity index is 544. The van der Waals surface area contributed by atoms with Crippen molar-refractivity contribution >= 4 is 21.5 Å². The molecule has 0 saturated heterocycles. The summed E-state index contributed by atoms with van der Waals surface area (Å²) in [7, 11) is 3.34. The lowest BCUT2D eigenvalue weighted by Crippen LogP contribution is -1.91. The minimum atomic E-state index is 0.857. The zero-order valence-electron chi connectivity index (χ0n) is 11.8. The van der Waals surface area contributed by atoms with Gasteiger partial charge in [0.1, 0.15) is 11.5 Å². The highest BCUT2D eigenvalue weighted by Gasteiger charge is 2.08. The second kappa shape index (κ2) is 6.62. The largest absolute Gasteiger partial charge is 0.497 e. The van der Waals surface area contributed by atoms with Gasteiger partial charge in [0.05, 0.1) is 14.2 Å². The molecule has 0 amide bonds. The quantitative estimate of drug-likeness (QED) is 0.794. The number of ether oxygens (including phenoxy) is 2. The number of allylic oxidation sites excluding steroid dienone is 1. The Morgan fingerprint density at radius 1 is 0.750 bits per heavy atom. The molecular weight excluding hydrogens is 316 g/mol. The average Bonchev–Trinajstić information content (AvgIpc) is 2.48. The number of methoxy groups -OCH3 is 2. The molecule has 0 radical (unpaired) electrons. The molecule has 2 nitrogen and oxygen atoms in total. The first kappa shape index (κ1) is 14.7. The van der Waals surface area contributed by atoms with E-state index in [1.807, 2.05) is 31.2 Å². The van der Waals surface area contributed by atoms with Gasteiger partial charge in [-0.2, -0.15) is 0 Å². The van der Waals surface area contributed by atoms with E-state index >= 15 is 0 Å². The van der Waals surface area contributed by atoms with E-state index in [1.54, 1.807) is 14.2 Å². The molecule has 0 unspecified atom stereocenters. The Labute approximate surface area is 128 Å². The molecule has 0 N–H and O–H groups in total. The molecule has 0 aliphatic heterocycles. The first-order valence-electron chi connectivity index (χ1n) is 6.31. The van der Waals surface area contributed by atoms with Crippen LogP contribution in [0.25, 0.3) is 5.57 Å². The molecule has 0 aliphatic carbocycles. The third-order valence-corrected chi connectivity index (χ3v) is 3.50. The van der Waals surface area contributed by atoms with Gasteiger partial charge in [0, 0.05) is 4.48 Å². The van der Waals surface area contributed by atoms with Crippen LogP contribution >= 0.6 is 15.9 Å². The van der Waals surface area contributed by atoms with E-state index in [0.717, 1.165) is 32.7 Å². The first-order chi connectivity index (χ1) is 9.65. The number of halogens is 1. The fourth-order valence-corrected chi connectivity index (χ4v) is 2.54. The molecule has 104 valence electrons. The third-order valence-electron chi connectivity index (χ3n) is 3.10. The molecule has 0 heterocycles. The zero-order chi connectivity index (χ0) is 14.5. The van der Waals surface area contributed by atoms with Crippen LogP contribution < -0.4 is 9.47 Å². The highest BCUT2D eigenvalue weighted by Crippen LogP contribution is 2.31. The predicted octanol–water partition coefficient (Wildman–Crippen LogP) is 4.88. The Morgan fingerprint density at radius 2 is 1.10 bits per heavy atom. The second-order valence-electron chi connectivity index (χ2n) is 4.37. The Morgan fingerprint density at radius 3 is 1.35 bits per heavy atom. The summed E-state index contributed by atoms with van der Waals surface area (Å²) in [4.78, 5) is 0. The fourth-order valence-electron chi connectivity index (χ4n) is 2.08. The van der Waals surface area contributed by atoms with Crippen LogP contribution in [0.2, 0.25) is 0 Å². The molecule has 0 aromatic heterocycles. The molecule has 0 bridgehead atoms. The average molecular weight is 333 g/mol. The van der Waals surface area contributed by atoms with Crippen LogP contribution in [-0.4, -0.2) is 14.2 Å².